The highest BCUT2D eigenvalue weighted by molar-refractivity contribution is 5.29. The molecule has 0 saturated carbocycles. The van der Waals surface area contributed by atoms with E-state index in [0.717, 1.165) is 6.07 Å². The minimum Gasteiger partial charge on any atom is -0.206 e. The van der Waals surface area contributed by atoms with Crippen LogP contribution in [-0.4, -0.2) is 0 Å². The van der Waals surface area contributed by atoms with Gasteiger partial charge in [0.1, 0.15) is 17.7 Å². The molecular weight excluding hydrogens is 136 g/mol. The van der Waals surface area contributed by atoms with Gasteiger partial charge in [-0.2, -0.15) is 5.26 Å². The summed E-state index contributed by atoms with van der Waals surface area (Å²) in [5.41, 5.74) is -0.193. The lowest BCUT2D eigenvalue weighted by molar-refractivity contribution is 0.579. The molecular formula is C7H2F2N. The summed E-state index contributed by atoms with van der Waals surface area (Å²) >= 11 is 0. The molecule has 1 nitrogen and oxygen atoms in total. The molecule has 1 rings (SSSR count). The topological polar surface area (TPSA) is 23.8 Å². The first-order valence-electron chi connectivity index (χ1n) is 2.51. The van der Waals surface area contributed by atoms with Gasteiger partial charge in [-0.3, -0.25) is 0 Å². The number of hydrogen-bond acceptors (Lipinski definition) is 1. The van der Waals surface area contributed by atoms with Crippen LogP contribution in [0.15, 0.2) is 12.1 Å². The van der Waals surface area contributed by atoms with E-state index in [1.807, 2.05) is 0 Å². The van der Waals surface area contributed by atoms with Crippen LogP contribution in [0.5, 0.6) is 0 Å². The van der Waals surface area contributed by atoms with E-state index in [9.17, 15) is 8.78 Å². The maximum Gasteiger partial charge on any atom is 0.143 e. The Bertz CT molecular complexity index is 288. The number of nitriles is 1. The van der Waals surface area contributed by atoms with Gasteiger partial charge in [-0.15, -0.1) is 0 Å². The van der Waals surface area contributed by atoms with E-state index in [-0.39, 0.29) is 5.56 Å². The molecule has 0 amide bonds. The van der Waals surface area contributed by atoms with Gasteiger partial charge in [0.05, 0.1) is 5.56 Å². The van der Waals surface area contributed by atoms with Crippen molar-refractivity contribution < 1.29 is 8.78 Å². The van der Waals surface area contributed by atoms with Crippen molar-refractivity contribution in [3.63, 3.8) is 0 Å². The average molecular weight is 138 g/mol. The minimum atomic E-state index is -0.848. The molecule has 49 valence electrons. The lowest BCUT2D eigenvalue weighted by Crippen LogP contribution is -1.84. The second-order valence-corrected chi connectivity index (χ2v) is 1.65. The summed E-state index contributed by atoms with van der Waals surface area (Å²) in [6.07, 6.45) is 0. The fraction of sp³-hybridized carbons (Fsp3) is 0. The van der Waals surface area contributed by atoms with Gasteiger partial charge in [0, 0.05) is 12.1 Å². The Morgan fingerprint density at radius 3 is 2.70 bits per heavy atom. The fourth-order valence-corrected chi connectivity index (χ4v) is 0.526. The predicted octanol–water partition coefficient (Wildman–Crippen LogP) is 1.64. The molecule has 1 aromatic rings. The van der Waals surface area contributed by atoms with Crippen LogP contribution in [0.2, 0.25) is 0 Å². The second kappa shape index (κ2) is 2.44. The third-order valence-corrected chi connectivity index (χ3v) is 0.986. The summed E-state index contributed by atoms with van der Waals surface area (Å²) in [7, 11) is 0. The predicted molar refractivity (Wildman–Crippen MR) is 29.9 cm³/mol. The molecule has 1 radical (unpaired) electrons. The Labute approximate surface area is 56.5 Å². The number of hydrogen-bond donors (Lipinski definition) is 0. The van der Waals surface area contributed by atoms with Gasteiger partial charge in [0.25, 0.3) is 0 Å². The van der Waals surface area contributed by atoms with E-state index in [2.05, 4.69) is 6.07 Å². The molecule has 0 aliphatic rings. The van der Waals surface area contributed by atoms with Crippen molar-refractivity contribution in [2.24, 2.45) is 0 Å². The third kappa shape index (κ3) is 1.11. The zero-order chi connectivity index (χ0) is 7.56. The van der Waals surface area contributed by atoms with Crippen molar-refractivity contribution in [3.8, 4) is 6.07 Å². The van der Waals surface area contributed by atoms with E-state index < -0.39 is 11.6 Å². The lowest BCUT2D eigenvalue weighted by atomic mass is 10.2. The first kappa shape index (κ1) is 6.69. The minimum absolute atomic E-state index is 0.193. The first-order chi connectivity index (χ1) is 4.74. The molecule has 0 N–H and O–H groups in total. The van der Waals surface area contributed by atoms with Crippen molar-refractivity contribution in [2.75, 3.05) is 0 Å². The van der Waals surface area contributed by atoms with Crippen molar-refractivity contribution in [2.45, 2.75) is 0 Å². The van der Waals surface area contributed by atoms with Crippen LogP contribution in [0.3, 0.4) is 0 Å². The highest BCUT2D eigenvalue weighted by atomic mass is 19.1. The Hall–Kier alpha value is -1.43. The Balaban J connectivity index is 3.23. The number of halogens is 2. The molecule has 0 aliphatic carbocycles. The van der Waals surface area contributed by atoms with Crippen LogP contribution in [0.4, 0.5) is 8.78 Å². The fourth-order valence-electron chi connectivity index (χ4n) is 0.526. The Morgan fingerprint density at radius 1 is 1.50 bits per heavy atom. The zero-order valence-electron chi connectivity index (χ0n) is 4.86. The van der Waals surface area contributed by atoms with Crippen LogP contribution in [0.1, 0.15) is 5.56 Å². The highest BCUT2D eigenvalue weighted by Gasteiger charge is 2.00. The smallest absolute Gasteiger partial charge is 0.143 e. The normalized spacial score (nSPS) is 8.90. The summed E-state index contributed by atoms with van der Waals surface area (Å²) in [5.74, 6) is -1.64. The van der Waals surface area contributed by atoms with Crippen LogP contribution >= 0.6 is 0 Å². The summed E-state index contributed by atoms with van der Waals surface area (Å²) in [6, 6.07) is 5.21. The van der Waals surface area contributed by atoms with Gasteiger partial charge in [-0.1, -0.05) is 0 Å². The van der Waals surface area contributed by atoms with Crippen LogP contribution < -0.4 is 0 Å². The largest absolute Gasteiger partial charge is 0.206 e. The maximum absolute atomic E-state index is 12.4. The van der Waals surface area contributed by atoms with Crippen molar-refractivity contribution in [3.05, 3.63) is 35.4 Å². The Morgan fingerprint density at radius 2 is 2.20 bits per heavy atom. The van der Waals surface area contributed by atoms with Gasteiger partial charge in [0.2, 0.25) is 0 Å². The first-order valence-corrected chi connectivity index (χ1v) is 2.51. The number of benzene rings is 1. The lowest BCUT2D eigenvalue weighted by Gasteiger charge is -1.89. The van der Waals surface area contributed by atoms with Gasteiger partial charge in [-0.05, 0) is 6.07 Å². The highest BCUT2D eigenvalue weighted by Crippen LogP contribution is 2.06. The molecule has 0 bridgehead atoms. The van der Waals surface area contributed by atoms with Crippen molar-refractivity contribution in [1.82, 2.24) is 0 Å². The molecule has 0 aromatic heterocycles. The van der Waals surface area contributed by atoms with E-state index in [1.54, 1.807) is 6.07 Å². The van der Waals surface area contributed by atoms with Crippen LogP contribution in [0.25, 0.3) is 0 Å². The standard InChI is InChI=1S/C7H2F2N/c8-6-2-1-5(4-10)7(9)3-6/h1,3H. The van der Waals surface area contributed by atoms with E-state index >= 15 is 0 Å². The van der Waals surface area contributed by atoms with Crippen LogP contribution in [-0.2, 0) is 0 Å². The molecule has 3 heteroatoms. The molecule has 10 heavy (non-hydrogen) atoms. The van der Waals surface area contributed by atoms with E-state index in [1.165, 1.54) is 0 Å². The van der Waals surface area contributed by atoms with Crippen molar-refractivity contribution in [1.29, 1.82) is 5.26 Å². The van der Waals surface area contributed by atoms with E-state index in [0.29, 0.717) is 6.07 Å². The summed E-state index contributed by atoms with van der Waals surface area (Å²) < 4.78 is 24.4. The monoisotopic (exact) mass is 138 g/mol. The molecule has 0 atom stereocenters. The maximum atomic E-state index is 12.4. The Kier molecular flexibility index (Phi) is 1.63. The van der Waals surface area contributed by atoms with Gasteiger partial charge >= 0.3 is 0 Å². The summed E-state index contributed by atoms with van der Waals surface area (Å²) in [4.78, 5) is 0. The molecule has 0 heterocycles. The molecule has 0 fully saturated rings. The summed E-state index contributed by atoms with van der Waals surface area (Å²) in [6.45, 7) is 0. The second-order valence-electron chi connectivity index (χ2n) is 1.65. The van der Waals surface area contributed by atoms with Gasteiger partial charge in [0.15, 0.2) is 0 Å². The molecule has 0 aliphatic heterocycles. The summed E-state index contributed by atoms with van der Waals surface area (Å²) in [5, 5.41) is 8.18. The quantitative estimate of drug-likeness (QED) is 0.534. The molecule has 0 unspecified atom stereocenters. The molecule has 0 saturated heterocycles. The van der Waals surface area contributed by atoms with Crippen molar-refractivity contribution >= 4 is 0 Å². The van der Waals surface area contributed by atoms with Crippen LogP contribution in [0, 0.1) is 29.0 Å². The van der Waals surface area contributed by atoms with Gasteiger partial charge in [-0.25, -0.2) is 8.78 Å². The van der Waals surface area contributed by atoms with E-state index in [4.69, 9.17) is 5.26 Å². The average Bonchev–Trinajstić information content (AvgIpc) is 1.88. The SMILES string of the molecule is N#Cc1c[c]c(F)cc1F. The molecule has 0 spiro atoms. The zero-order valence-corrected chi connectivity index (χ0v) is 4.86. The number of rotatable bonds is 0. The third-order valence-electron chi connectivity index (χ3n) is 0.986. The van der Waals surface area contributed by atoms with Gasteiger partial charge < -0.3 is 0 Å². The molecule has 1 aromatic carbocycles. The number of nitrogens with zero attached hydrogens (tertiary/aromatic N) is 1.